The summed E-state index contributed by atoms with van der Waals surface area (Å²) in [6, 6.07) is 9.40. The van der Waals surface area contributed by atoms with E-state index in [-0.39, 0.29) is 12.5 Å². The summed E-state index contributed by atoms with van der Waals surface area (Å²) in [7, 11) is 0. The van der Waals surface area contributed by atoms with E-state index in [1.807, 2.05) is 37.3 Å². The number of rotatable bonds is 4. The van der Waals surface area contributed by atoms with Crippen molar-refractivity contribution >= 4 is 11.6 Å². The minimum absolute atomic E-state index is 0.0433. The fourth-order valence-corrected chi connectivity index (χ4v) is 2.17. The van der Waals surface area contributed by atoms with Crippen LogP contribution in [-0.2, 0) is 4.79 Å². The van der Waals surface area contributed by atoms with Crippen LogP contribution in [0.25, 0.3) is 5.70 Å². The van der Waals surface area contributed by atoms with Crippen LogP contribution in [0.1, 0.15) is 25.3 Å². The Bertz CT molecular complexity index is 526. The predicted octanol–water partition coefficient (Wildman–Crippen LogP) is 2.57. The number of benzene rings is 1. The minimum atomic E-state index is 0.0433. The zero-order valence-corrected chi connectivity index (χ0v) is 10.9. The number of hydrogen-bond acceptors (Lipinski definition) is 3. The number of carbonyl (C=O) groups is 1. The molecule has 4 nitrogen and oxygen atoms in total. The Morgan fingerprint density at radius 2 is 2.11 bits per heavy atom. The molecule has 1 aromatic carbocycles. The maximum atomic E-state index is 11.8. The smallest absolute Gasteiger partial charge is 0.227 e. The molecule has 1 aliphatic rings. The van der Waals surface area contributed by atoms with Crippen LogP contribution in [0.3, 0.4) is 0 Å². The van der Waals surface area contributed by atoms with Gasteiger partial charge in [0.15, 0.2) is 6.61 Å². The first-order valence-corrected chi connectivity index (χ1v) is 6.37. The molecule has 1 amide bonds. The first kappa shape index (κ1) is 13.2. The van der Waals surface area contributed by atoms with E-state index in [1.165, 1.54) is 0 Å². The van der Waals surface area contributed by atoms with Gasteiger partial charge in [-0.15, -0.1) is 0 Å². The molecular formula is C15H16N2O2. The second kappa shape index (κ2) is 6.05. The molecule has 98 valence electrons. The largest absolute Gasteiger partial charge is 0.479 e. The van der Waals surface area contributed by atoms with Gasteiger partial charge in [0.1, 0.15) is 11.8 Å². The molecule has 0 radical (unpaired) electrons. The molecule has 0 saturated heterocycles. The normalized spacial score (nSPS) is 14.8. The van der Waals surface area contributed by atoms with E-state index in [0.717, 1.165) is 17.7 Å². The summed E-state index contributed by atoms with van der Waals surface area (Å²) in [6.45, 7) is 2.69. The van der Waals surface area contributed by atoms with Gasteiger partial charge in [-0.3, -0.25) is 4.79 Å². The van der Waals surface area contributed by atoms with Crippen LogP contribution >= 0.6 is 0 Å². The van der Waals surface area contributed by atoms with Crippen LogP contribution in [0.15, 0.2) is 30.3 Å². The molecule has 0 saturated carbocycles. The fraction of sp³-hybridized carbons (Fsp3) is 0.333. The molecule has 1 aromatic rings. The van der Waals surface area contributed by atoms with Crippen LogP contribution in [-0.4, -0.2) is 24.0 Å². The van der Waals surface area contributed by atoms with Crippen LogP contribution in [0.2, 0.25) is 0 Å². The van der Waals surface area contributed by atoms with Crippen molar-refractivity contribution in [3.63, 3.8) is 0 Å². The lowest BCUT2D eigenvalue weighted by molar-refractivity contribution is -0.128. The molecule has 0 spiro atoms. The lowest BCUT2D eigenvalue weighted by Crippen LogP contribution is -2.31. The fourth-order valence-electron chi connectivity index (χ4n) is 2.17. The number of nitriles is 1. The second-order valence-corrected chi connectivity index (χ2v) is 4.24. The lowest BCUT2D eigenvalue weighted by atomic mass is 10.0. The van der Waals surface area contributed by atoms with Crippen molar-refractivity contribution in [2.24, 2.45) is 0 Å². The van der Waals surface area contributed by atoms with Gasteiger partial charge >= 0.3 is 0 Å². The van der Waals surface area contributed by atoms with Crippen molar-refractivity contribution < 1.29 is 9.53 Å². The predicted molar refractivity (Wildman–Crippen MR) is 72.1 cm³/mol. The summed E-state index contributed by atoms with van der Waals surface area (Å²) in [5, 5.41) is 8.45. The quantitative estimate of drug-likeness (QED) is 0.832. The summed E-state index contributed by atoms with van der Waals surface area (Å²) in [4.78, 5) is 13.6. The summed E-state index contributed by atoms with van der Waals surface area (Å²) in [5.74, 6) is 0.834. The molecule has 0 aliphatic carbocycles. The van der Waals surface area contributed by atoms with E-state index in [2.05, 4.69) is 6.08 Å². The molecule has 4 heteroatoms. The standard InChI is InChI=1S/C15H16N2O2/c1-2-17-14(4-3-5-15(17)18)12-6-8-13(9-7-12)19-11-10-16/h4,6-9H,2-3,5,11H2,1H3. The number of ether oxygens (including phenoxy) is 1. The Labute approximate surface area is 112 Å². The molecule has 19 heavy (non-hydrogen) atoms. The first-order valence-electron chi connectivity index (χ1n) is 6.37. The molecule has 1 aliphatic heterocycles. The van der Waals surface area contributed by atoms with E-state index in [9.17, 15) is 4.79 Å². The number of amides is 1. The van der Waals surface area contributed by atoms with E-state index in [1.54, 1.807) is 4.90 Å². The van der Waals surface area contributed by atoms with Gasteiger partial charge in [0.2, 0.25) is 5.91 Å². The Kier molecular flexibility index (Phi) is 4.19. The van der Waals surface area contributed by atoms with Crippen molar-refractivity contribution in [1.29, 1.82) is 5.26 Å². The Morgan fingerprint density at radius 1 is 1.37 bits per heavy atom. The lowest BCUT2D eigenvalue weighted by Gasteiger charge is -2.27. The van der Waals surface area contributed by atoms with E-state index in [4.69, 9.17) is 10.00 Å². The summed E-state index contributed by atoms with van der Waals surface area (Å²) in [5.41, 5.74) is 1.96. The number of allylic oxidation sites excluding steroid dienone is 1. The molecule has 1 heterocycles. The van der Waals surface area contributed by atoms with Crippen LogP contribution < -0.4 is 4.74 Å². The summed E-state index contributed by atoms with van der Waals surface area (Å²) in [6.07, 6.45) is 3.47. The molecular weight excluding hydrogens is 240 g/mol. The Balaban J connectivity index is 2.19. The van der Waals surface area contributed by atoms with Gasteiger partial charge in [-0.2, -0.15) is 5.26 Å². The van der Waals surface area contributed by atoms with Gasteiger partial charge in [-0.1, -0.05) is 6.08 Å². The van der Waals surface area contributed by atoms with Crippen molar-refractivity contribution in [2.45, 2.75) is 19.8 Å². The van der Waals surface area contributed by atoms with Gasteiger partial charge in [0, 0.05) is 18.7 Å². The third-order valence-corrected chi connectivity index (χ3v) is 3.06. The van der Waals surface area contributed by atoms with Crippen LogP contribution in [0.4, 0.5) is 0 Å². The number of hydrogen-bond donors (Lipinski definition) is 0. The average molecular weight is 256 g/mol. The molecule has 0 atom stereocenters. The second-order valence-electron chi connectivity index (χ2n) is 4.24. The van der Waals surface area contributed by atoms with Crippen LogP contribution in [0, 0.1) is 11.3 Å². The molecule has 0 fully saturated rings. The van der Waals surface area contributed by atoms with Crippen molar-refractivity contribution in [2.75, 3.05) is 13.2 Å². The van der Waals surface area contributed by atoms with E-state index in [0.29, 0.717) is 18.7 Å². The molecule has 0 aromatic heterocycles. The highest BCUT2D eigenvalue weighted by molar-refractivity contribution is 5.89. The Hall–Kier alpha value is -2.28. The minimum Gasteiger partial charge on any atom is -0.479 e. The summed E-state index contributed by atoms with van der Waals surface area (Å²) < 4.78 is 5.21. The highest BCUT2D eigenvalue weighted by Gasteiger charge is 2.20. The first-order chi connectivity index (χ1) is 9.26. The van der Waals surface area contributed by atoms with Gasteiger partial charge in [0.25, 0.3) is 0 Å². The van der Waals surface area contributed by atoms with Gasteiger partial charge in [0.05, 0.1) is 0 Å². The molecule has 0 unspecified atom stereocenters. The molecule has 2 rings (SSSR count). The van der Waals surface area contributed by atoms with Gasteiger partial charge < -0.3 is 9.64 Å². The SMILES string of the molecule is CCN1C(=O)CCC=C1c1ccc(OCC#N)cc1. The van der Waals surface area contributed by atoms with Crippen LogP contribution in [0.5, 0.6) is 5.75 Å². The summed E-state index contributed by atoms with van der Waals surface area (Å²) >= 11 is 0. The van der Waals surface area contributed by atoms with E-state index >= 15 is 0 Å². The Morgan fingerprint density at radius 3 is 2.74 bits per heavy atom. The monoisotopic (exact) mass is 256 g/mol. The highest BCUT2D eigenvalue weighted by atomic mass is 16.5. The zero-order valence-electron chi connectivity index (χ0n) is 10.9. The van der Waals surface area contributed by atoms with Gasteiger partial charge in [-0.05, 0) is 43.2 Å². The maximum Gasteiger partial charge on any atom is 0.227 e. The van der Waals surface area contributed by atoms with Crippen molar-refractivity contribution in [3.05, 3.63) is 35.9 Å². The number of nitrogens with zero attached hydrogens (tertiary/aromatic N) is 2. The van der Waals surface area contributed by atoms with Gasteiger partial charge in [-0.25, -0.2) is 0 Å². The van der Waals surface area contributed by atoms with Crippen molar-refractivity contribution in [3.8, 4) is 11.8 Å². The average Bonchev–Trinajstić information content (AvgIpc) is 2.45. The van der Waals surface area contributed by atoms with E-state index < -0.39 is 0 Å². The third-order valence-electron chi connectivity index (χ3n) is 3.06. The maximum absolute atomic E-state index is 11.8. The highest BCUT2D eigenvalue weighted by Crippen LogP contribution is 2.26. The zero-order chi connectivity index (χ0) is 13.7. The molecule has 0 bridgehead atoms. The third kappa shape index (κ3) is 2.94. The molecule has 0 N–H and O–H groups in total. The topological polar surface area (TPSA) is 53.3 Å². The number of carbonyl (C=O) groups excluding carboxylic acids is 1. The van der Waals surface area contributed by atoms with Crippen molar-refractivity contribution in [1.82, 2.24) is 4.90 Å².